The summed E-state index contributed by atoms with van der Waals surface area (Å²) < 4.78 is 33.0. The molecule has 0 spiro atoms. The van der Waals surface area contributed by atoms with E-state index in [-0.39, 0.29) is 10.8 Å². The Morgan fingerprint density at radius 3 is 2.37 bits per heavy atom. The van der Waals surface area contributed by atoms with Gasteiger partial charge in [-0.25, -0.2) is 18.1 Å². The molecule has 2 heterocycles. The van der Waals surface area contributed by atoms with Crippen LogP contribution in [0.1, 0.15) is 21.6 Å². The first-order valence-corrected chi connectivity index (χ1v) is 13.6. The van der Waals surface area contributed by atoms with Gasteiger partial charge in [-0.15, -0.1) is 0 Å². The maximum atomic E-state index is 13.4. The van der Waals surface area contributed by atoms with Crippen LogP contribution in [0.25, 0.3) is 22.2 Å². The number of aromatic nitrogens is 2. The number of rotatable bonds is 6. The zero-order valence-electron chi connectivity index (χ0n) is 20.1. The highest BCUT2D eigenvalue weighted by atomic mass is 35.5. The minimum absolute atomic E-state index is 0.00187. The van der Waals surface area contributed by atoms with Gasteiger partial charge >= 0.3 is 0 Å². The molecule has 5 rings (SSSR count). The maximum absolute atomic E-state index is 13.4. The highest BCUT2D eigenvalue weighted by Crippen LogP contribution is 2.32. The molecule has 0 radical (unpaired) electrons. The number of aryl methyl sites for hydroxylation is 1. The summed E-state index contributed by atoms with van der Waals surface area (Å²) in [5.74, 6) is -0.336. The molecule has 0 atom stereocenters. The molecule has 0 fully saturated rings. The van der Waals surface area contributed by atoms with Crippen molar-refractivity contribution >= 4 is 61.6 Å². The number of sulfonamides is 1. The Morgan fingerprint density at radius 2 is 1.68 bits per heavy atom. The number of hydrogen-bond acceptors (Lipinski definition) is 6. The van der Waals surface area contributed by atoms with Crippen molar-refractivity contribution < 1.29 is 17.7 Å². The van der Waals surface area contributed by atoms with Gasteiger partial charge in [0, 0.05) is 27.2 Å². The number of halogens is 2. The molecule has 3 aromatic carbocycles. The molecule has 0 bridgehead atoms. The zero-order chi connectivity index (χ0) is 27.0. The average molecular weight is 567 g/mol. The van der Waals surface area contributed by atoms with E-state index in [0.29, 0.717) is 54.7 Å². The number of carbonyl (C=O) groups is 1. The topological polar surface area (TPSA) is 114 Å². The summed E-state index contributed by atoms with van der Waals surface area (Å²) in [5, 5.41) is 8.14. The Kier molecular flexibility index (Phi) is 6.83. The summed E-state index contributed by atoms with van der Waals surface area (Å²) in [7, 11) is -3.92. The van der Waals surface area contributed by atoms with Crippen molar-refractivity contribution in [2.75, 3.05) is 10.0 Å². The minimum Gasteiger partial charge on any atom is -0.337 e. The number of nitrogens with one attached hydrogen (secondary N) is 2. The normalized spacial score (nSPS) is 11.5. The second-order valence-electron chi connectivity index (χ2n) is 8.50. The van der Waals surface area contributed by atoms with Crippen molar-refractivity contribution in [1.82, 2.24) is 10.1 Å². The molecule has 5 aromatic rings. The number of carbonyl (C=O) groups excluding carboxylic acids is 1. The number of amides is 1. The molecule has 0 unspecified atom stereocenters. The van der Waals surface area contributed by atoms with E-state index in [9.17, 15) is 13.2 Å². The fraction of sp³-hybridized carbons (Fsp3) is 0.0741. The van der Waals surface area contributed by atoms with Crippen molar-refractivity contribution in [1.29, 1.82) is 0 Å². The first-order chi connectivity index (χ1) is 18.1. The average Bonchev–Trinajstić information content (AvgIpc) is 3.20. The molecule has 8 nitrogen and oxygen atoms in total. The lowest BCUT2D eigenvalue weighted by Crippen LogP contribution is -2.15. The van der Waals surface area contributed by atoms with Crippen molar-refractivity contribution in [2.45, 2.75) is 18.7 Å². The second kappa shape index (κ2) is 10.1. The lowest BCUT2D eigenvalue weighted by atomic mass is 10.0. The van der Waals surface area contributed by atoms with Gasteiger partial charge in [0.2, 0.25) is 5.88 Å². The number of nitrogens with zero attached hydrogens (tertiary/aromatic N) is 2. The third-order valence-corrected chi connectivity index (χ3v) is 7.87. The molecular formula is C27H20Cl2N4O4S. The lowest BCUT2D eigenvalue weighted by Gasteiger charge is -2.12. The predicted octanol–water partition coefficient (Wildman–Crippen LogP) is 6.87. The van der Waals surface area contributed by atoms with Crippen LogP contribution in [0, 0.1) is 13.8 Å². The van der Waals surface area contributed by atoms with E-state index in [2.05, 4.69) is 20.2 Å². The number of anilines is 2. The molecule has 11 heteroatoms. The van der Waals surface area contributed by atoms with Crippen molar-refractivity contribution in [3.8, 4) is 11.3 Å². The van der Waals surface area contributed by atoms with Gasteiger partial charge in [-0.3, -0.25) is 4.79 Å². The third kappa shape index (κ3) is 5.08. The number of benzene rings is 3. The SMILES string of the molecule is Cc1noc(NS(=O)(=O)c2ccc(NC(=O)c3cc(-c4ccc(Cl)cc4Cl)nc4ccccc34)cc2)c1C. The molecule has 0 saturated heterocycles. The van der Waals surface area contributed by atoms with Crippen LogP contribution in [0.2, 0.25) is 10.0 Å². The summed E-state index contributed by atoms with van der Waals surface area (Å²) in [4.78, 5) is 18.0. The summed E-state index contributed by atoms with van der Waals surface area (Å²) in [6, 6.07) is 19.8. The highest BCUT2D eigenvalue weighted by Gasteiger charge is 2.20. The quantitative estimate of drug-likeness (QED) is 0.232. The van der Waals surface area contributed by atoms with Crippen molar-refractivity contribution in [3.63, 3.8) is 0 Å². The van der Waals surface area contributed by atoms with Gasteiger partial charge in [0.1, 0.15) is 0 Å². The largest absolute Gasteiger partial charge is 0.337 e. The third-order valence-electron chi connectivity index (χ3n) is 5.97. The van der Waals surface area contributed by atoms with Crippen LogP contribution in [0.15, 0.2) is 82.2 Å². The van der Waals surface area contributed by atoms with Crippen molar-refractivity contribution in [3.05, 3.63) is 99.7 Å². The van der Waals surface area contributed by atoms with Gasteiger partial charge in [-0.05, 0) is 68.4 Å². The van der Waals surface area contributed by atoms with Crippen LogP contribution in [-0.2, 0) is 10.0 Å². The number of para-hydroxylation sites is 1. The molecule has 0 aliphatic heterocycles. The second-order valence-corrected chi connectivity index (χ2v) is 11.0. The smallest absolute Gasteiger partial charge is 0.264 e. The van der Waals surface area contributed by atoms with E-state index in [0.717, 1.165) is 0 Å². The molecule has 2 aromatic heterocycles. The van der Waals surface area contributed by atoms with Crippen LogP contribution >= 0.6 is 23.2 Å². The fourth-order valence-electron chi connectivity index (χ4n) is 3.81. The molecule has 2 N–H and O–H groups in total. The van der Waals surface area contributed by atoms with Crippen LogP contribution < -0.4 is 10.0 Å². The minimum atomic E-state index is -3.92. The monoisotopic (exact) mass is 566 g/mol. The molecular weight excluding hydrogens is 547 g/mol. The Hall–Kier alpha value is -3.92. The van der Waals surface area contributed by atoms with E-state index in [4.69, 9.17) is 27.7 Å². The van der Waals surface area contributed by atoms with E-state index in [1.165, 1.54) is 24.3 Å². The van der Waals surface area contributed by atoms with Gasteiger partial charge < -0.3 is 9.84 Å². The van der Waals surface area contributed by atoms with Crippen LogP contribution in [-0.4, -0.2) is 24.5 Å². The molecule has 192 valence electrons. The van der Waals surface area contributed by atoms with Gasteiger partial charge in [0.05, 0.1) is 32.4 Å². The maximum Gasteiger partial charge on any atom is 0.264 e. The van der Waals surface area contributed by atoms with Crippen LogP contribution in [0.4, 0.5) is 11.6 Å². The highest BCUT2D eigenvalue weighted by molar-refractivity contribution is 7.92. The standard InChI is InChI=1S/C27H20Cl2N4O4S/c1-15-16(2)32-37-27(15)33-38(35,36)19-10-8-18(9-11-19)30-26(34)22-14-25(21-12-7-17(28)13-23(21)29)31-24-6-4-3-5-20(22)24/h3-14,33H,1-2H3,(H,30,34). The number of hydrogen-bond donors (Lipinski definition) is 2. The van der Waals surface area contributed by atoms with Gasteiger partial charge in [-0.2, -0.15) is 0 Å². The number of pyridine rings is 1. The molecule has 38 heavy (non-hydrogen) atoms. The summed E-state index contributed by atoms with van der Waals surface area (Å²) >= 11 is 12.4. The van der Waals surface area contributed by atoms with E-state index < -0.39 is 15.9 Å². The first kappa shape index (κ1) is 25.7. The Balaban J connectivity index is 1.43. The van der Waals surface area contributed by atoms with Gasteiger partial charge in [-0.1, -0.05) is 46.6 Å². The molecule has 1 amide bonds. The molecule has 0 aliphatic rings. The summed E-state index contributed by atoms with van der Waals surface area (Å²) in [6.45, 7) is 3.42. The Labute approximate surface area is 228 Å². The lowest BCUT2D eigenvalue weighted by molar-refractivity contribution is 0.102. The van der Waals surface area contributed by atoms with Gasteiger partial charge in [0.15, 0.2) is 0 Å². The molecule has 0 aliphatic carbocycles. The van der Waals surface area contributed by atoms with Crippen LogP contribution in [0.5, 0.6) is 0 Å². The Bertz CT molecular complexity index is 1800. The van der Waals surface area contributed by atoms with Crippen molar-refractivity contribution in [2.24, 2.45) is 0 Å². The van der Waals surface area contributed by atoms with Crippen LogP contribution in [0.3, 0.4) is 0 Å². The predicted molar refractivity (Wildman–Crippen MR) is 148 cm³/mol. The zero-order valence-corrected chi connectivity index (χ0v) is 22.4. The first-order valence-electron chi connectivity index (χ1n) is 11.3. The number of fused-ring (bicyclic) bond motifs is 1. The molecule has 0 saturated carbocycles. The van der Waals surface area contributed by atoms with E-state index >= 15 is 0 Å². The van der Waals surface area contributed by atoms with Gasteiger partial charge in [0.25, 0.3) is 15.9 Å². The summed E-state index contributed by atoms with van der Waals surface area (Å²) in [6.07, 6.45) is 0. The summed E-state index contributed by atoms with van der Waals surface area (Å²) in [5.41, 5.74) is 3.74. The van der Waals surface area contributed by atoms with E-state index in [1.807, 2.05) is 18.2 Å². The van der Waals surface area contributed by atoms with E-state index in [1.54, 1.807) is 44.2 Å². The fourth-order valence-corrected chi connectivity index (χ4v) is 5.36. The Morgan fingerprint density at radius 1 is 0.947 bits per heavy atom.